The van der Waals surface area contributed by atoms with Crippen molar-refractivity contribution in [2.75, 3.05) is 0 Å². The number of nitrogens with one attached hydrogen (secondary N) is 2. The van der Waals surface area contributed by atoms with Gasteiger partial charge in [-0.3, -0.25) is 19.6 Å². The van der Waals surface area contributed by atoms with Crippen molar-refractivity contribution in [2.24, 2.45) is 0 Å². The highest BCUT2D eigenvalue weighted by molar-refractivity contribution is 6.05. The highest BCUT2D eigenvalue weighted by Gasteiger charge is 2.40. The van der Waals surface area contributed by atoms with Gasteiger partial charge in [0, 0.05) is 24.3 Å². The maximum absolute atomic E-state index is 12.3. The first-order chi connectivity index (χ1) is 9.17. The second-order valence-corrected chi connectivity index (χ2v) is 4.82. The topological polar surface area (TPSA) is 78.1 Å². The van der Waals surface area contributed by atoms with Gasteiger partial charge in [-0.25, -0.2) is 0 Å². The number of hydrogen-bond acceptors (Lipinski definition) is 4. The number of hydrogen-bond donors (Lipinski definition) is 2. The summed E-state index contributed by atoms with van der Waals surface area (Å²) in [5.74, 6) is -0.161. The van der Waals surface area contributed by atoms with Crippen molar-refractivity contribution in [1.29, 1.82) is 0 Å². The third-order valence-corrected chi connectivity index (χ3v) is 3.60. The molecule has 0 radical (unpaired) electrons. The van der Waals surface area contributed by atoms with Gasteiger partial charge in [-0.05, 0) is 12.8 Å². The smallest absolute Gasteiger partial charge is 0.247 e. The predicted molar refractivity (Wildman–Crippen MR) is 70.1 cm³/mol. The number of imide groups is 1. The predicted octanol–water partition coefficient (Wildman–Crippen LogP) is 0.815. The number of likely N-dealkylation sites (tertiary alicyclic amines) is 1. The Bertz CT molecular complexity index is 440. The summed E-state index contributed by atoms with van der Waals surface area (Å²) in [6, 6.07) is -0.372. The zero-order valence-electron chi connectivity index (χ0n) is 11.3. The molecule has 1 aliphatic rings. The van der Waals surface area contributed by atoms with Gasteiger partial charge in [0.25, 0.3) is 0 Å². The van der Waals surface area contributed by atoms with Crippen molar-refractivity contribution in [3.63, 3.8) is 0 Å². The van der Waals surface area contributed by atoms with E-state index in [4.69, 9.17) is 0 Å². The fraction of sp³-hybridized carbons (Fsp3) is 0.615. The van der Waals surface area contributed by atoms with Crippen LogP contribution in [0.2, 0.25) is 0 Å². The molecule has 6 nitrogen and oxygen atoms in total. The number of carbonyl (C=O) groups excluding carboxylic acids is 2. The van der Waals surface area contributed by atoms with Gasteiger partial charge >= 0.3 is 0 Å². The third kappa shape index (κ3) is 2.84. The van der Waals surface area contributed by atoms with Crippen LogP contribution in [-0.2, 0) is 16.1 Å². The van der Waals surface area contributed by atoms with Crippen molar-refractivity contribution in [3.8, 4) is 0 Å². The molecule has 0 aliphatic carbocycles. The molecule has 104 valence electrons. The Hall–Kier alpha value is -1.69. The fourth-order valence-electron chi connectivity index (χ4n) is 2.46. The van der Waals surface area contributed by atoms with Crippen molar-refractivity contribution in [2.45, 2.75) is 51.7 Å². The van der Waals surface area contributed by atoms with Crippen LogP contribution in [0.3, 0.4) is 0 Å². The summed E-state index contributed by atoms with van der Waals surface area (Å²) >= 11 is 0. The van der Waals surface area contributed by atoms with E-state index in [1.807, 2.05) is 13.8 Å². The zero-order chi connectivity index (χ0) is 13.8. The Morgan fingerprint density at radius 2 is 2.21 bits per heavy atom. The highest BCUT2D eigenvalue weighted by Crippen LogP contribution is 2.20. The SMILES string of the molecule is CCC(CC)N1C(=O)CC(NCc2cn[nH]c2)C1=O. The summed E-state index contributed by atoms with van der Waals surface area (Å²) in [6.07, 6.45) is 5.35. The van der Waals surface area contributed by atoms with Crippen LogP contribution in [-0.4, -0.2) is 39.0 Å². The molecule has 1 saturated heterocycles. The average molecular weight is 264 g/mol. The van der Waals surface area contributed by atoms with Crippen LogP contribution in [0.4, 0.5) is 0 Å². The van der Waals surface area contributed by atoms with E-state index in [-0.39, 0.29) is 24.3 Å². The minimum Gasteiger partial charge on any atom is -0.301 e. The minimum atomic E-state index is -0.400. The van der Waals surface area contributed by atoms with E-state index in [2.05, 4.69) is 15.5 Å². The van der Waals surface area contributed by atoms with E-state index in [9.17, 15) is 9.59 Å². The molecular formula is C13H20N4O2. The van der Waals surface area contributed by atoms with Gasteiger partial charge < -0.3 is 5.32 Å². The number of amides is 2. The van der Waals surface area contributed by atoms with Crippen LogP contribution >= 0.6 is 0 Å². The second-order valence-electron chi connectivity index (χ2n) is 4.82. The lowest BCUT2D eigenvalue weighted by molar-refractivity contribution is -0.141. The summed E-state index contributed by atoms with van der Waals surface area (Å²) in [7, 11) is 0. The van der Waals surface area contributed by atoms with Gasteiger partial charge in [0.15, 0.2) is 0 Å². The van der Waals surface area contributed by atoms with Crippen molar-refractivity contribution in [1.82, 2.24) is 20.4 Å². The van der Waals surface area contributed by atoms with Crippen LogP contribution in [0.25, 0.3) is 0 Å². The fourth-order valence-corrected chi connectivity index (χ4v) is 2.46. The van der Waals surface area contributed by atoms with E-state index >= 15 is 0 Å². The molecule has 1 aliphatic heterocycles. The summed E-state index contributed by atoms with van der Waals surface area (Å²) in [4.78, 5) is 25.7. The average Bonchev–Trinajstić information content (AvgIpc) is 3.00. The first kappa shape index (κ1) is 13.7. The van der Waals surface area contributed by atoms with Gasteiger partial charge in [-0.15, -0.1) is 0 Å². The lowest BCUT2D eigenvalue weighted by atomic mass is 10.1. The molecule has 1 aromatic heterocycles. The molecule has 0 aromatic carbocycles. The Morgan fingerprint density at radius 3 is 2.79 bits per heavy atom. The molecule has 0 saturated carbocycles. The number of nitrogens with zero attached hydrogens (tertiary/aromatic N) is 2. The van der Waals surface area contributed by atoms with Gasteiger partial charge in [0.2, 0.25) is 11.8 Å². The van der Waals surface area contributed by atoms with Gasteiger partial charge in [0.1, 0.15) is 0 Å². The summed E-state index contributed by atoms with van der Waals surface area (Å²) in [6.45, 7) is 4.54. The molecule has 19 heavy (non-hydrogen) atoms. The zero-order valence-corrected chi connectivity index (χ0v) is 11.3. The summed E-state index contributed by atoms with van der Waals surface area (Å²) in [5.41, 5.74) is 0.973. The van der Waals surface area contributed by atoms with Crippen molar-refractivity contribution < 1.29 is 9.59 Å². The van der Waals surface area contributed by atoms with Crippen molar-refractivity contribution in [3.05, 3.63) is 18.0 Å². The second kappa shape index (κ2) is 5.97. The Kier molecular flexibility index (Phi) is 4.31. The molecule has 2 heterocycles. The number of H-pyrrole nitrogens is 1. The molecule has 1 atom stereocenters. The minimum absolute atomic E-state index is 0.0284. The van der Waals surface area contributed by atoms with Crippen LogP contribution in [0.5, 0.6) is 0 Å². The molecule has 1 aromatic rings. The monoisotopic (exact) mass is 264 g/mol. The van der Waals surface area contributed by atoms with E-state index in [0.29, 0.717) is 6.54 Å². The molecular weight excluding hydrogens is 244 g/mol. The van der Waals surface area contributed by atoms with Crippen LogP contribution < -0.4 is 5.32 Å². The van der Waals surface area contributed by atoms with E-state index in [1.165, 1.54) is 4.90 Å². The summed E-state index contributed by atoms with van der Waals surface area (Å²) < 4.78 is 0. The molecule has 2 rings (SSSR count). The van der Waals surface area contributed by atoms with Crippen LogP contribution in [0, 0.1) is 0 Å². The van der Waals surface area contributed by atoms with E-state index in [0.717, 1.165) is 18.4 Å². The first-order valence-electron chi connectivity index (χ1n) is 6.74. The number of aromatic amines is 1. The van der Waals surface area contributed by atoms with Crippen LogP contribution in [0.15, 0.2) is 12.4 Å². The maximum atomic E-state index is 12.3. The Balaban J connectivity index is 1.97. The highest BCUT2D eigenvalue weighted by atomic mass is 16.2. The van der Waals surface area contributed by atoms with Crippen LogP contribution in [0.1, 0.15) is 38.7 Å². The molecule has 0 bridgehead atoms. The standard InChI is InChI=1S/C13H20N4O2/c1-3-10(4-2)17-12(18)5-11(13(17)19)14-6-9-7-15-16-8-9/h7-8,10-11,14H,3-6H2,1-2H3,(H,15,16). The lowest BCUT2D eigenvalue weighted by Gasteiger charge is -2.24. The molecule has 1 unspecified atom stereocenters. The van der Waals surface area contributed by atoms with Gasteiger partial charge in [-0.1, -0.05) is 13.8 Å². The van der Waals surface area contributed by atoms with Crippen molar-refractivity contribution >= 4 is 11.8 Å². The quantitative estimate of drug-likeness (QED) is 0.745. The Morgan fingerprint density at radius 1 is 1.47 bits per heavy atom. The maximum Gasteiger partial charge on any atom is 0.247 e. The molecule has 2 N–H and O–H groups in total. The number of rotatable bonds is 6. The van der Waals surface area contributed by atoms with E-state index < -0.39 is 6.04 Å². The van der Waals surface area contributed by atoms with E-state index in [1.54, 1.807) is 12.4 Å². The molecule has 0 spiro atoms. The lowest BCUT2D eigenvalue weighted by Crippen LogP contribution is -2.43. The summed E-state index contributed by atoms with van der Waals surface area (Å²) in [5, 5.41) is 9.69. The molecule has 1 fully saturated rings. The number of aromatic nitrogens is 2. The van der Waals surface area contributed by atoms with Gasteiger partial charge in [-0.2, -0.15) is 5.10 Å². The molecule has 2 amide bonds. The largest absolute Gasteiger partial charge is 0.301 e. The normalized spacial score (nSPS) is 19.7. The number of carbonyl (C=O) groups is 2. The first-order valence-corrected chi connectivity index (χ1v) is 6.74. The van der Waals surface area contributed by atoms with Gasteiger partial charge in [0.05, 0.1) is 18.7 Å². The third-order valence-electron chi connectivity index (χ3n) is 3.60. The Labute approximate surface area is 112 Å². The molecule has 6 heteroatoms.